The molecular weight excluding hydrogens is 406 g/mol. The first-order valence-electron chi connectivity index (χ1n) is 8.28. The van der Waals surface area contributed by atoms with Gasteiger partial charge >= 0.3 is 11.8 Å². The minimum absolute atomic E-state index is 0.555. The van der Waals surface area contributed by atoms with Gasteiger partial charge in [0.15, 0.2) is 0 Å². The van der Waals surface area contributed by atoms with Gasteiger partial charge in [-0.3, -0.25) is 14.5 Å². The van der Waals surface area contributed by atoms with Crippen molar-refractivity contribution in [1.82, 2.24) is 0 Å². The number of carbonyl (C=O) groups is 2. The lowest BCUT2D eigenvalue weighted by Gasteiger charge is -2.22. The normalized spacial score (nSPS) is 10.3. The monoisotopic (exact) mass is 423 g/mol. The second-order valence-electron chi connectivity index (χ2n) is 5.99. The van der Waals surface area contributed by atoms with Crippen molar-refractivity contribution in [3.63, 3.8) is 0 Å². The molecule has 0 aliphatic heterocycles. The summed E-state index contributed by atoms with van der Waals surface area (Å²) in [5.74, 6) is -1.41. The van der Waals surface area contributed by atoms with Gasteiger partial charge in [-0.05, 0) is 67.1 Å². The molecule has 0 spiro atoms. The maximum atomic E-state index is 13.0. The molecular formula is C21H18BrN3O2. The summed E-state index contributed by atoms with van der Waals surface area (Å²) in [6, 6.07) is 21.1. The summed E-state index contributed by atoms with van der Waals surface area (Å²) in [4.78, 5) is 26.9. The molecule has 136 valence electrons. The van der Waals surface area contributed by atoms with Gasteiger partial charge in [-0.15, -0.1) is 0 Å². The molecule has 3 aromatic carbocycles. The van der Waals surface area contributed by atoms with Gasteiger partial charge in [-0.2, -0.15) is 0 Å². The molecule has 0 aliphatic rings. The maximum absolute atomic E-state index is 13.0. The van der Waals surface area contributed by atoms with Gasteiger partial charge in [-0.1, -0.05) is 34.1 Å². The number of rotatable bonds is 3. The topological polar surface area (TPSA) is 75.4 Å². The maximum Gasteiger partial charge on any atom is 0.321 e. The van der Waals surface area contributed by atoms with E-state index in [0.717, 1.165) is 10.0 Å². The van der Waals surface area contributed by atoms with Gasteiger partial charge in [0.1, 0.15) is 0 Å². The van der Waals surface area contributed by atoms with Crippen LogP contribution in [0.15, 0.2) is 77.3 Å². The van der Waals surface area contributed by atoms with Crippen LogP contribution < -0.4 is 16.0 Å². The number of carbonyl (C=O) groups excluding carboxylic acids is 2. The van der Waals surface area contributed by atoms with Crippen LogP contribution in [0.4, 0.5) is 22.7 Å². The predicted octanol–water partition coefficient (Wildman–Crippen LogP) is 4.64. The Balaban J connectivity index is 1.91. The summed E-state index contributed by atoms with van der Waals surface area (Å²) in [7, 11) is 0. The summed E-state index contributed by atoms with van der Waals surface area (Å²) >= 11 is 3.42. The number of aryl methyl sites for hydroxylation is 1. The molecule has 27 heavy (non-hydrogen) atoms. The molecule has 0 radical (unpaired) electrons. The number of para-hydroxylation sites is 1. The Kier molecular flexibility index (Phi) is 5.57. The Morgan fingerprint density at radius 3 is 2.19 bits per heavy atom. The highest BCUT2D eigenvalue weighted by atomic mass is 79.9. The van der Waals surface area contributed by atoms with Crippen molar-refractivity contribution < 1.29 is 9.59 Å². The lowest BCUT2D eigenvalue weighted by atomic mass is 10.2. The molecule has 0 unspecified atom stereocenters. The zero-order valence-electron chi connectivity index (χ0n) is 14.6. The van der Waals surface area contributed by atoms with Crippen LogP contribution in [0.5, 0.6) is 0 Å². The van der Waals surface area contributed by atoms with E-state index in [4.69, 9.17) is 5.73 Å². The fourth-order valence-electron chi connectivity index (χ4n) is 2.59. The molecule has 0 fully saturated rings. The van der Waals surface area contributed by atoms with Crippen LogP contribution in [0.25, 0.3) is 0 Å². The smallest absolute Gasteiger partial charge is 0.321 e. The molecule has 3 N–H and O–H groups in total. The van der Waals surface area contributed by atoms with Crippen molar-refractivity contribution in [2.75, 3.05) is 16.0 Å². The number of halogens is 1. The first-order valence-corrected chi connectivity index (χ1v) is 9.07. The van der Waals surface area contributed by atoms with E-state index in [9.17, 15) is 9.59 Å². The number of nitrogens with zero attached hydrogens (tertiary/aromatic N) is 1. The van der Waals surface area contributed by atoms with E-state index in [1.54, 1.807) is 48.5 Å². The van der Waals surface area contributed by atoms with Crippen LogP contribution >= 0.6 is 15.9 Å². The van der Waals surface area contributed by atoms with E-state index < -0.39 is 11.8 Å². The Morgan fingerprint density at radius 1 is 0.926 bits per heavy atom. The molecule has 3 rings (SSSR count). The highest BCUT2D eigenvalue weighted by Crippen LogP contribution is 2.27. The summed E-state index contributed by atoms with van der Waals surface area (Å²) < 4.78 is 0.930. The van der Waals surface area contributed by atoms with Gasteiger partial charge in [-0.25, -0.2) is 0 Å². The van der Waals surface area contributed by atoms with E-state index in [1.165, 1.54) is 4.90 Å². The van der Waals surface area contributed by atoms with Crippen molar-refractivity contribution in [2.24, 2.45) is 0 Å². The molecule has 5 nitrogen and oxygen atoms in total. The quantitative estimate of drug-likeness (QED) is 0.475. The molecule has 0 saturated heterocycles. The highest BCUT2D eigenvalue weighted by Gasteiger charge is 2.25. The van der Waals surface area contributed by atoms with Gasteiger partial charge in [0.2, 0.25) is 0 Å². The first-order chi connectivity index (χ1) is 13.0. The SMILES string of the molecule is Cc1cc(NC(=O)C(=O)N(c2ccccc2)c2ccc(N)cc2)ccc1Br. The zero-order chi connectivity index (χ0) is 19.4. The van der Waals surface area contributed by atoms with Crippen LogP contribution in [-0.4, -0.2) is 11.8 Å². The number of nitrogens with two attached hydrogens (primary N) is 1. The largest absolute Gasteiger partial charge is 0.399 e. The van der Waals surface area contributed by atoms with E-state index >= 15 is 0 Å². The average Bonchev–Trinajstić information content (AvgIpc) is 2.67. The third-order valence-corrected chi connectivity index (χ3v) is 4.87. The Morgan fingerprint density at radius 2 is 1.56 bits per heavy atom. The van der Waals surface area contributed by atoms with Crippen LogP contribution in [0, 0.1) is 6.92 Å². The van der Waals surface area contributed by atoms with Crippen molar-refractivity contribution in [2.45, 2.75) is 6.92 Å². The van der Waals surface area contributed by atoms with Gasteiger partial charge in [0.25, 0.3) is 0 Å². The van der Waals surface area contributed by atoms with Gasteiger partial charge in [0.05, 0.1) is 0 Å². The highest BCUT2D eigenvalue weighted by molar-refractivity contribution is 9.10. The fraction of sp³-hybridized carbons (Fsp3) is 0.0476. The standard InChI is InChI=1S/C21H18BrN3O2/c1-14-13-16(9-12-19(14)22)24-20(26)21(27)25(17-5-3-2-4-6-17)18-10-7-15(23)8-11-18/h2-13H,23H2,1H3,(H,24,26). The van der Waals surface area contributed by atoms with Crippen molar-refractivity contribution in [3.05, 3.63) is 82.8 Å². The van der Waals surface area contributed by atoms with Crippen molar-refractivity contribution >= 4 is 50.5 Å². The average molecular weight is 424 g/mol. The Bertz CT molecular complexity index is 972. The number of amides is 2. The fourth-order valence-corrected chi connectivity index (χ4v) is 2.84. The van der Waals surface area contributed by atoms with Crippen LogP contribution in [-0.2, 0) is 9.59 Å². The summed E-state index contributed by atoms with van der Waals surface area (Å²) in [5.41, 5.74) is 8.98. The van der Waals surface area contributed by atoms with Crippen molar-refractivity contribution in [1.29, 1.82) is 0 Å². The second kappa shape index (κ2) is 8.05. The Labute approximate surface area is 165 Å². The van der Waals surface area contributed by atoms with E-state index in [2.05, 4.69) is 21.2 Å². The molecule has 3 aromatic rings. The molecule has 6 heteroatoms. The van der Waals surface area contributed by atoms with Gasteiger partial charge < -0.3 is 11.1 Å². The van der Waals surface area contributed by atoms with Gasteiger partial charge in [0, 0.05) is 27.2 Å². The number of nitrogen functional groups attached to an aromatic ring is 1. The molecule has 2 amide bonds. The number of hydrogen-bond acceptors (Lipinski definition) is 3. The third-order valence-electron chi connectivity index (χ3n) is 3.98. The van der Waals surface area contributed by atoms with Crippen LogP contribution in [0.2, 0.25) is 0 Å². The molecule has 0 saturated carbocycles. The lowest BCUT2D eigenvalue weighted by Crippen LogP contribution is -2.36. The van der Waals surface area contributed by atoms with Crippen molar-refractivity contribution in [3.8, 4) is 0 Å². The predicted molar refractivity (Wildman–Crippen MR) is 112 cm³/mol. The van der Waals surface area contributed by atoms with E-state index in [-0.39, 0.29) is 0 Å². The molecule has 0 aliphatic carbocycles. The second-order valence-corrected chi connectivity index (χ2v) is 6.84. The van der Waals surface area contributed by atoms with Crippen LogP contribution in [0.1, 0.15) is 5.56 Å². The zero-order valence-corrected chi connectivity index (χ0v) is 16.2. The summed E-state index contributed by atoms with van der Waals surface area (Å²) in [6.45, 7) is 1.91. The summed E-state index contributed by atoms with van der Waals surface area (Å²) in [6.07, 6.45) is 0. The van der Waals surface area contributed by atoms with Crippen LogP contribution in [0.3, 0.4) is 0 Å². The molecule has 0 bridgehead atoms. The minimum Gasteiger partial charge on any atom is -0.399 e. The lowest BCUT2D eigenvalue weighted by molar-refractivity contribution is -0.134. The number of hydrogen-bond donors (Lipinski definition) is 2. The first kappa shape index (κ1) is 18.7. The number of nitrogens with one attached hydrogen (secondary N) is 1. The van der Waals surface area contributed by atoms with E-state index in [1.807, 2.05) is 31.2 Å². The molecule has 0 heterocycles. The van der Waals surface area contributed by atoms with E-state index in [0.29, 0.717) is 22.7 Å². The third kappa shape index (κ3) is 4.35. The molecule has 0 atom stereocenters. The molecule has 0 aromatic heterocycles. The number of anilines is 4. The minimum atomic E-state index is -0.725. The summed E-state index contributed by atoms with van der Waals surface area (Å²) in [5, 5.41) is 2.67. The Hall–Kier alpha value is -3.12. The number of benzene rings is 3.